The quantitative estimate of drug-likeness (QED) is 0.603. The number of sulfone groups is 1. The Labute approximate surface area is 165 Å². The zero-order chi connectivity index (χ0) is 19.9. The second-order valence-electron chi connectivity index (χ2n) is 7.38. The van der Waals surface area contributed by atoms with Crippen molar-refractivity contribution in [2.75, 3.05) is 20.0 Å². The minimum atomic E-state index is -3.33. The topological polar surface area (TPSA) is 70.4 Å². The van der Waals surface area contributed by atoms with Gasteiger partial charge in [-0.05, 0) is 36.6 Å². The lowest BCUT2D eigenvalue weighted by molar-refractivity contribution is 0.303. The van der Waals surface area contributed by atoms with Crippen molar-refractivity contribution in [3.05, 3.63) is 36.7 Å². The fourth-order valence-corrected chi connectivity index (χ4v) is 4.15. The molecule has 1 aromatic carbocycles. The number of aryl methyl sites for hydroxylation is 1. The van der Waals surface area contributed by atoms with Crippen LogP contribution in [0.1, 0.15) is 19.3 Å². The van der Waals surface area contributed by atoms with Gasteiger partial charge in [-0.3, -0.25) is 0 Å². The summed E-state index contributed by atoms with van der Waals surface area (Å²) in [6.45, 7) is 0.630. The van der Waals surface area contributed by atoms with E-state index in [4.69, 9.17) is 9.47 Å². The Morgan fingerprint density at radius 3 is 2.68 bits per heavy atom. The molecule has 6 nitrogen and oxygen atoms in total. The van der Waals surface area contributed by atoms with Gasteiger partial charge >= 0.3 is 0 Å². The van der Waals surface area contributed by atoms with E-state index < -0.39 is 9.84 Å². The molecule has 7 heteroatoms. The average molecular weight is 401 g/mol. The first-order valence-corrected chi connectivity index (χ1v) is 11.2. The van der Waals surface area contributed by atoms with Crippen LogP contribution in [-0.4, -0.2) is 37.9 Å². The summed E-state index contributed by atoms with van der Waals surface area (Å²) in [6, 6.07) is 6.98. The summed E-state index contributed by atoms with van der Waals surface area (Å²) in [5.41, 5.74) is 2.51. The lowest BCUT2D eigenvalue weighted by Gasteiger charge is -2.13. The molecule has 0 unspecified atom stereocenters. The Morgan fingerprint density at radius 2 is 2.00 bits per heavy atom. The van der Waals surface area contributed by atoms with Crippen molar-refractivity contribution in [2.45, 2.75) is 24.2 Å². The predicted octanol–water partition coefficient (Wildman–Crippen LogP) is 3.83. The fraction of sp³-hybridized carbons (Fsp3) is 0.381. The number of nitrogens with zero attached hydrogens (tertiary/aromatic N) is 2. The van der Waals surface area contributed by atoms with Crippen LogP contribution in [0, 0.1) is 5.92 Å². The summed E-state index contributed by atoms with van der Waals surface area (Å²) >= 11 is 0. The fourth-order valence-electron chi connectivity index (χ4n) is 3.50. The standard InChI is InChI=1S/C21H24N2O4S/c1-23-13-18(16-8-10-22-21(26-2)20(16)23)17-12-15(28(3,24)25)6-7-19(17)27-11-9-14-4-5-14/h6-8,10,12-14H,4-5,9,11H2,1-3H3. The molecule has 0 bridgehead atoms. The number of fused-ring (bicyclic) bond motifs is 1. The highest BCUT2D eigenvalue weighted by Crippen LogP contribution is 2.40. The summed E-state index contributed by atoms with van der Waals surface area (Å²) in [5, 5.41) is 0.937. The summed E-state index contributed by atoms with van der Waals surface area (Å²) in [6.07, 6.45) is 8.46. The zero-order valence-electron chi connectivity index (χ0n) is 16.3. The number of hydrogen-bond acceptors (Lipinski definition) is 5. The molecule has 28 heavy (non-hydrogen) atoms. The molecule has 0 saturated heterocycles. The Morgan fingerprint density at radius 1 is 1.21 bits per heavy atom. The number of benzene rings is 1. The van der Waals surface area contributed by atoms with Gasteiger partial charge in [0.25, 0.3) is 0 Å². The van der Waals surface area contributed by atoms with E-state index in [1.807, 2.05) is 23.9 Å². The lowest BCUT2D eigenvalue weighted by atomic mass is 10.0. The molecule has 4 rings (SSSR count). The van der Waals surface area contributed by atoms with Crippen LogP contribution in [0.3, 0.4) is 0 Å². The highest BCUT2D eigenvalue weighted by molar-refractivity contribution is 7.90. The molecular weight excluding hydrogens is 376 g/mol. The molecule has 1 saturated carbocycles. The van der Waals surface area contributed by atoms with Crippen molar-refractivity contribution in [3.8, 4) is 22.8 Å². The Hall–Kier alpha value is -2.54. The highest BCUT2D eigenvalue weighted by atomic mass is 32.2. The van der Waals surface area contributed by atoms with E-state index in [9.17, 15) is 8.42 Å². The van der Waals surface area contributed by atoms with Gasteiger partial charge in [0.15, 0.2) is 9.84 Å². The maximum atomic E-state index is 12.1. The smallest absolute Gasteiger partial charge is 0.238 e. The molecule has 148 valence electrons. The van der Waals surface area contributed by atoms with Crippen LogP contribution in [0.25, 0.3) is 22.0 Å². The van der Waals surface area contributed by atoms with E-state index in [-0.39, 0.29) is 4.90 Å². The van der Waals surface area contributed by atoms with Gasteiger partial charge < -0.3 is 14.0 Å². The number of pyridine rings is 1. The molecule has 1 aliphatic carbocycles. The van der Waals surface area contributed by atoms with Crippen molar-refractivity contribution < 1.29 is 17.9 Å². The van der Waals surface area contributed by atoms with Crippen molar-refractivity contribution in [1.29, 1.82) is 0 Å². The Bertz CT molecular complexity index is 1130. The molecule has 0 spiro atoms. The van der Waals surface area contributed by atoms with E-state index in [0.717, 1.165) is 34.4 Å². The summed E-state index contributed by atoms with van der Waals surface area (Å²) in [5.74, 6) is 1.99. The average Bonchev–Trinajstić information content (AvgIpc) is 3.43. The SMILES string of the molecule is COc1nccc2c(-c3cc(S(C)(=O)=O)ccc3OCCC3CC3)cn(C)c12. The molecule has 0 radical (unpaired) electrons. The van der Waals surface area contributed by atoms with Crippen LogP contribution in [-0.2, 0) is 16.9 Å². The van der Waals surface area contributed by atoms with E-state index in [1.165, 1.54) is 19.1 Å². The minimum Gasteiger partial charge on any atom is -0.493 e. The first-order valence-electron chi connectivity index (χ1n) is 9.34. The van der Waals surface area contributed by atoms with Gasteiger partial charge in [0.1, 0.15) is 11.3 Å². The predicted molar refractivity (Wildman–Crippen MR) is 109 cm³/mol. The van der Waals surface area contributed by atoms with Crippen molar-refractivity contribution in [1.82, 2.24) is 9.55 Å². The summed E-state index contributed by atoms with van der Waals surface area (Å²) < 4.78 is 37.7. The van der Waals surface area contributed by atoms with Gasteiger partial charge in [-0.2, -0.15) is 0 Å². The molecule has 0 amide bonds. The Balaban J connectivity index is 1.85. The molecule has 2 aromatic heterocycles. The number of aromatic nitrogens is 2. The van der Waals surface area contributed by atoms with E-state index in [2.05, 4.69) is 4.98 Å². The number of rotatable bonds is 7. The first kappa shape index (κ1) is 18.8. The first-order chi connectivity index (χ1) is 13.4. The van der Waals surface area contributed by atoms with E-state index >= 15 is 0 Å². The van der Waals surface area contributed by atoms with E-state index in [1.54, 1.807) is 31.5 Å². The molecule has 0 aliphatic heterocycles. The largest absolute Gasteiger partial charge is 0.493 e. The van der Waals surface area contributed by atoms with Crippen molar-refractivity contribution >= 4 is 20.7 Å². The van der Waals surface area contributed by atoms with Gasteiger partial charge in [-0.15, -0.1) is 0 Å². The summed E-state index contributed by atoms with van der Waals surface area (Å²) in [4.78, 5) is 4.55. The number of methoxy groups -OCH3 is 1. The minimum absolute atomic E-state index is 0.273. The van der Waals surface area contributed by atoms with E-state index in [0.29, 0.717) is 18.2 Å². The molecular formula is C21H24N2O4S. The molecule has 1 aliphatic rings. The second-order valence-corrected chi connectivity index (χ2v) is 9.40. The maximum absolute atomic E-state index is 12.1. The van der Waals surface area contributed by atoms with Crippen LogP contribution in [0.15, 0.2) is 41.6 Å². The second kappa shape index (κ2) is 7.13. The third-order valence-electron chi connectivity index (χ3n) is 5.20. The van der Waals surface area contributed by atoms with Crippen LogP contribution < -0.4 is 9.47 Å². The van der Waals surface area contributed by atoms with Gasteiger partial charge in [-0.1, -0.05) is 12.8 Å². The molecule has 1 fully saturated rings. The molecule has 3 aromatic rings. The van der Waals surface area contributed by atoms with Gasteiger partial charge in [0, 0.05) is 42.2 Å². The van der Waals surface area contributed by atoms with Crippen LogP contribution in [0.5, 0.6) is 11.6 Å². The Kier molecular flexibility index (Phi) is 4.79. The number of hydrogen-bond donors (Lipinski definition) is 0. The normalized spacial score (nSPS) is 14.4. The van der Waals surface area contributed by atoms with Crippen LogP contribution in [0.4, 0.5) is 0 Å². The number of ether oxygens (including phenoxy) is 2. The van der Waals surface area contributed by atoms with Gasteiger partial charge in [0.2, 0.25) is 5.88 Å². The van der Waals surface area contributed by atoms with Gasteiger partial charge in [-0.25, -0.2) is 13.4 Å². The molecule has 0 N–H and O–H groups in total. The summed E-state index contributed by atoms with van der Waals surface area (Å²) in [7, 11) is 0.176. The molecule has 0 atom stereocenters. The monoisotopic (exact) mass is 400 g/mol. The maximum Gasteiger partial charge on any atom is 0.238 e. The van der Waals surface area contributed by atoms with Gasteiger partial charge in [0.05, 0.1) is 18.6 Å². The highest BCUT2D eigenvalue weighted by Gasteiger charge is 2.22. The third-order valence-corrected chi connectivity index (χ3v) is 6.31. The van der Waals surface area contributed by atoms with Crippen LogP contribution in [0.2, 0.25) is 0 Å². The lowest BCUT2D eigenvalue weighted by Crippen LogP contribution is -2.02. The zero-order valence-corrected chi connectivity index (χ0v) is 17.1. The third kappa shape index (κ3) is 3.58. The van der Waals surface area contributed by atoms with Crippen molar-refractivity contribution in [3.63, 3.8) is 0 Å². The van der Waals surface area contributed by atoms with Crippen LogP contribution >= 0.6 is 0 Å². The molecule has 2 heterocycles. The van der Waals surface area contributed by atoms with Crippen molar-refractivity contribution in [2.24, 2.45) is 13.0 Å².